The Hall–Kier alpha value is -2.21. The Morgan fingerprint density at radius 3 is 2.57 bits per heavy atom. The van der Waals surface area contributed by atoms with Gasteiger partial charge in [-0.25, -0.2) is 0 Å². The van der Waals surface area contributed by atoms with E-state index in [-0.39, 0.29) is 11.9 Å². The molecule has 6 heteroatoms. The minimum atomic E-state index is -0.681. The molecule has 0 saturated heterocycles. The van der Waals surface area contributed by atoms with Gasteiger partial charge < -0.3 is 9.84 Å². The molecule has 6 nitrogen and oxygen atoms in total. The predicted molar refractivity (Wildman–Crippen MR) is 87.7 cm³/mol. The normalized spacial score (nSPS) is 13.1. The average molecular weight is 316 g/mol. The van der Waals surface area contributed by atoms with Gasteiger partial charge in [0.05, 0.1) is 5.54 Å². The van der Waals surface area contributed by atoms with Gasteiger partial charge in [-0.05, 0) is 33.0 Å². The molecule has 0 fully saturated rings. The van der Waals surface area contributed by atoms with Crippen molar-refractivity contribution in [2.45, 2.75) is 39.3 Å². The molecular formula is C17H24N4O2. The van der Waals surface area contributed by atoms with E-state index in [4.69, 9.17) is 4.52 Å². The van der Waals surface area contributed by atoms with Gasteiger partial charge in [0.2, 0.25) is 11.8 Å². The first-order valence-electron chi connectivity index (χ1n) is 7.73. The highest BCUT2D eigenvalue weighted by Gasteiger charge is 2.31. The first-order chi connectivity index (χ1) is 10.8. The number of aromatic nitrogens is 2. The van der Waals surface area contributed by atoms with E-state index in [9.17, 15) is 4.79 Å². The van der Waals surface area contributed by atoms with Crippen LogP contribution in [0.25, 0.3) is 0 Å². The van der Waals surface area contributed by atoms with Crippen molar-refractivity contribution in [2.24, 2.45) is 0 Å². The monoisotopic (exact) mass is 316 g/mol. The minimum absolute atomic E-state index is 0.115. The van der Waals surface area contributed by atoms with Crippen molar-refractivity contribution in [1.82, 2.24) is 20.4 Å². The molecule has 1 amide bonds. The van der Waals surface area contributed by atoms with Crippen LogP contribution in [0.15, 0.2) is 34.9 Å². The number of carbonyl (C=O) groups excluding carboxylic acids is 1. The summed E-state index contributed by atoms with van der Waals surface area (Å²) in [6.07, 6.45) is 0. The Labute approximate surface area is 136 Å². The second kappa shape index (κ2) is 6.91. The Morgan fingerprint density at radius 2 is 2.00 bits per heavy atom. The van der Waals surface area contributed by atoms with Crippen LogP contribution in [0.5, 0.6) is 0 Å². The van der Waals surface area contributed by atoms with Crippen LogP contribution in [0.3, 0.4) is 0 Å². The number of nitrogens with one attached hydrogen (secondary N) is 1. The van der Waals surface area contributed by atoms with E-state index in [1.807, 2.05) is 51.2 Å². The number of rotatable bonds is 6. The SMILES string of the molecule is CCN(C)C(c1ccccc1)c1nc(C(C)(C)NC(C)=O)no1. The number of hydrogen-bond donors (Lipinski definition) is 1. The van der Waals surface area contributed by atoms with Crippen LogP contribution in [-0.2, 0) is 10.3 Å². The molecule has 1 aromatic heterocycles. The lowest BCUT2D eigenvalue weighted by atomic mass is 10.0. The summed E-state index contributed by atoms with van der Waals surface area (Å²) in [7, 11) is 2.01. The molecule has 1 aromatic carbocycles. The molecule has 1 unspecified atom stereocenters. The van der Waals surface area contributed by atoms with Crippen LogP contribution in [-0.4, -0.2) is 34.5 Å². The molecule has 124 valence electrons. The van der Waals surface area contributed by atoms with E-state index in [0.717, 1.165) is 12.1 Å². The van der Waals surface area contributed by atoms with Crippen LogP contribution in [0.1, 0.15) is 51.0 Å². The highest BCUT2D eigenvalue weighted by atomic mass is 16.5. The van der Waals surface area contributed by atoms with Crippen molar-refractivity contribution in [3.05, 3.63) is 47.6 Å². The van der Waals surface area contributed by atoms with Crippen molar-refractivity contribution in [3.63, 3.8) is 0 Å². The molecule has 0 saturated carbocycles. The second-order valence-electron chi connectivity index (χ2n) is 6.15. The van der Waals surface area contributed by atoms with Crippen molar-refractivity contribution < 1.29 is 9.32 Å². The zero-order chi connectivity index (χ0) is 17.0. The van der Waals surface area contributed by atoms with Crippen LogP contribution in [0, 0.1) is 0 Å². The maximum atomic E-state index is 11.3. The molecule has 2 aromatic rings. The molecule has 0 bridgehead atoms. The van der Waals surface area contributed by atoms with Gasteiger partial charge in [0.25, 0.3) is 0 Å². The zero-order valence-corrected chi connectivity index (χ0v) is 14.3. The van der Waals surface area contributed by atoms with Gasteiger partial charge in [-0.15, -0.1) is 0 Å². The van der Waals surface area contributed by atoms with Crippen LogP contribution in [0.2, 0.25) is 0 Å². The highest BCUT2D eigenvalue weighted by molar-refractivity contribution is 5.73. The summed E-state index contributed by atoms with van der Waals surface area (Å²) in [5.74, 6) is 0.855. The van der Waals surface area contributed by atoms with Crippen LogP contribution >= 0.6 is 0 Å². The number of hydrogen-bond acceptors (Lipinski definition) is 5. The summed E-state index contributed by atoms with van der Waals surface area (Å²) in [6, 6.07) is 9.93. The van der Waals surface area contributed by atoms with Crippen molar-refractivity contribution in [1.29, 1.82) is 0 Å². The van der Waals surface area contributed by atoms with E-state index < -0.39 is 5.54 Å². The molecule has 0 aliphatic carbocycles. The molecular weight excluding hydrogens is 292 g/mol. The van der Waals surface area contributed by atoms with Gasteiger partial charge in [0.1, 0.15) is 6.04 Å². The third-order valence-electron chi connectivity index (χ3n) is 3.78. The van der Waals surface area contributed by atoms with Crippen LogP contribution < -0.4 is 5.32 Å². The van der Waals surface area contributed by atoms with E-state index in [1.54, 1.807) is 0 Å². The number of carbonyl (C=O) groups is 1. The van der Waals surface area contributed by atoms with E-state index in [1.165, 1.54) is 6.92 Å². The van der Waals surface area contributed by atoms with Gasteiger partial charge in [0, 0.05) is 6.92 Å². The lowest BCUT2D eigenvalue weighted by molar-refractivity contribution is -0.120. The summed E-state index contributed by atoms with van der Waals surface area (Å²) in [5.41, 5.74) is 0.406. The molecule has 0 radical (unpaired) electrons. The molecule has 0 aliphatic rings. The quantitative estimate of drug-likeness (QED) is 0.886. The molecule has 1 heterocycles. The zero-order valence-electron chi connectivity index (χ0n) is 14.3. The van der Waals surface area contributed by atoms with Crippen molar-refractivity contribution >= 4 is 5.91 Å². The summed E-state index contributed by atoms with van der Waals surface area (Å²) in [4.78, 5) is 18.0. The fourth-order valence-corrected chi connectivity index (χ4v) is 2.50. The van der Waals surface area contributed by atoms with Crippen LogP contribution in [0.4, 0.5) is 0 Å². The van der Waals surface area contributed by atoms with Gasteiger partial charge in [-0.1, -0.05) is 42.4 Å². The molecule has 2 rings (SSSR count). The number of nitrogens with zero attached hydrogens (tertiary/aromatic N) is 3. The fraction of sp³-hybridized carbons (Fsp3) is 0.471. The van der Waals surface area contributed by atoms with Gasteiger partial charge in [-0.2, -0.15) is 4.98 Å². The lowest BCUT2D eigenvalue weighted by Crippen LogP contribution is -2.40. The first-order valence-corrected chi connectivity index (χ1v) is 7.73. The maximum Gasteiger partial charge on any atom is 0.248 e. The minimum Gasteiger partial charge on any atom is -0.344 e. The van der Waals surface area contributed by atoms with Gasteiger partial charge >= 0.3 is 0 Å². The largest absolute Gasteiger partial charge is 0.344 e. The Balaban J connectivity index is 2.37. The third-order valence-corrected chi connectivity index (χ3v) is 3.78. The third kappa shape index (κ3) is 3.96. The van der Waals surface area contributed by atoms with Gasteiger partial charge in [-0.3, -0.25) is 9.69 Å². The topological polar surface area (TPSA) is 71.3 Å². The summed E-state index contributed by atoms with van der Waals surface area (Å²) < 4.78 is 5.52. The fourth-order valence-electron chi connectivity index (χ4n) is 2.50. The number of amides is 1. The summed E-state index contributed by atoms with van der Waals surface area (Å²) in [5, 5.41) is 6.91. The molecule has 1 atom stereocenters. The summed E-state index contributed by atoms with van der Waals surface area (Å²) in [6.45, 7) is 8.09. The highest BCUT2D eigenvalue weighted by Crippen LogP contribution is 2.27. The average Bonchev–Trinajstić information content (AvgIpc) is 2.97. The molecule has 1 N–H and O–H groups in total. The molecule has 0 spiro atoms. The maximum absolute atomic E-state index is 11.3. The lowest BCUT2D eigenvalue weighted by Gasteiger charge is -2.24. The summed E-state index contributed by atoms with van der Waals surface area (Å²) >= 11 is 0. The predicted octanol–water partition coefficient (Wildman–Crippen LogP) is 2.48. The molecule has 23 heavy (non-hydrogen) atoms. The number of benzene rings is 1. The van der Waals surface area contributed by atoms with Crippen molar-refractivity contribution in [2.75, 3.05) is 13.6 Å². The van der Waals surface area contributed by atoms with E-state index in [2.05, 4.69) is 27.3 Å². The van der Waals surface area contributed by atoms with E-state index >= 15 is 0 Å². The molecule has 0 aliphatic heterocycles. The Morgan fingerprint density at radius 1 is 1.35 bits per heavy atom. The van der Waals surface area contributed by atoms with E-state index in [0.29, 0.717) is 11.7 Å². The van der Waals surface area contributed by atoms with Gasteiger partial charge in [0.15, 0.2) is 5.82 Å². The first kappa shape index (κ1) is 17.1. The standard InChI is InChI=1S/C17H24N4O2/c1-6-21(5)14(13-10-8-7-9-11-13)15-18-16(20-23-15)17(3,4)19-12(2)22/h7-11,14H,6H2,1-5H3,(H,19,22). The Kier molecular flexibility index (Phi) is 5.15. The Bertz CT molecular complexity index is 652. The van der Waals surface area contributed by atoms with Crippen molar-refractivity contribution in [3.8, 4) is 0 Å². The smallest absolute Gasteiger partial charge is 0.248 e. The second-order valence-corrected chi connectivity index (χ2v) is 6.15.